The van der Waals surface area contributed by atoms with E-state index < -0.39 is 47.9 Å². The summed E-state index contributed by atoms with van der Waals surface area (Å²) >= 11 is 0. The van der Waals surface area contributed by atoms with E-state index in [-0.39, 0.29) is 12.1 Å². The summed E-state index contributed by atoms with van der Waals surface area (Å²) in [5.41, 5.74) is -0.665. The summed E-state index contributed by atoms with van der Waals surface area (Å²) in [6.07, 6.45) is -5.03. The van der Waals surface area contributed by atoms with E-state index in [1.807, 2.05) is 0 Å². The molecule has 0 radical (unpaired) electrons. The van der Waals surface area contributed by atoms with E-state index in [4.69, 9.17) is 5.11 Å². The van der Waals surface area contributed by atoms with Crippen molar-refractivity contribution in [2.24, 2.45) is 11.8 Å². The Morgan fingerprint density at radius 3 is 2.35 bits per heavy atom. The summed E-state index contributed by atoms with van der Waals surface area (Å²) in [6.45, 7) is 1.15. The van der Waals surface area contributed by atoms with Crippen LogP contribution in [0.2, 0.25) is 0 Å². The number of benzene rings is 1. The van der Waals surface area contributed by atoms with Gasteiger partial charge in [-0.05, 0) is 17.7 Å². The van der Waals surface area contributed by atoms with Crippen molar-refractivity contribution in [3.05, 3.63) is 35.4 Å². The summed E-state index contributed by atoms with van der Waals surface area (Å²) in [7, 11) is 0. The second-order valence-corrected chi connectivity index (χ2v) is 5.72. The standard InChI is InChI=1S/C15H16F5NO2/c1-8(13(22)23)11-12(21-7-6-14(11,16)17)9-2-4-10(5-3-9)15(18,19)20/h2-5,8,11-12,21H,6-7H2,1H3,(H,22,23). The second kappa shape index (κ2) is 6.07. The summed E-state index contributed by atoms with van der Waals surface area (Å²) in [5.74, 6) is -7.46. The Bertz CT molecular complexity index is 570. The van der Waals surface area contributed by atoms with Gasteiger partial charge in [-0.2, -0.15) is 13.2 Å². The number of hydrogen-bond acceptors (Lipinski definition) is 2. The van der Waals surface area contributed by atoms with Crippen molar-refractivity contribution in [3.63, 3.8) is 0 Å². The highest BCUT2D eigenvalue weighted by atomic mass is 19.4. The molecule has 8 heteroatoms. The lowest BCUT2D eigenvalue weighted by atomic mass is 9.75. The van der Waals surface area contributed by atoms with E-state index in [9.17, 15) is 26.7 Å². The Morgan fingerprint density at radius 2 is 1.87 bits per heavy atom. The maximum atomic E-state index is 14.2. The first-order chi connectivity index (χ1) is 10.5. The number of carboxylic acids is 1. The number of carboxylic acid groups (broad SMARTS) is 1. The molecule has 1 aromatic carbocycles. The molecule has 1 aliphatic rings. The molecule has 2 N–H and O–H groups in total. The number of carbonyl (C=O) groups is 1. The molecule has 1 fully saturated rings. The fourth-order valence-corrected chi connectivity index (χ4v) is 2.94. The highest BCUT2D eigenvalue weighted by Crippen LogP contribution is 2.45. The Morgan fingerprint density at radius 1 is 1.30 bits per heavy atom. The zero-order valence-electron chi connectivity index (χ0n) is 12.2. The predicted octanol–water partition coefficient (Wildman–Crippen LogP) is 3.71. The molecule has 3 nitrogen and oxygen atoms in total. The molecule has 1 saturated heterocycles. The average Bonchev–Trinajstić information content (AvgIpc) is 2.44. The number of hydrogen-bond donors (Lipinski definition) is 2. The van der Waals surface area contributed by atoms with Crippen LogP contribution in [-0.2, 0) is 11.0 Å². The van der Waals surface area contributed by atoms with Crippen LogP contribution in [0.25, 0.3) is 0 Å². The van der Waals surface area contributed by atoms with Crippen LogP contribution in [0.15, 0.2) is 24.3 Å². The van der Waals surface area contributed by atoms with Gasteiger partial charge in [0.1, 0.15) is 0 Å². The van der Waals surface area contributed by atoms with Gasteiger partial charge >= 0.3 is 12.1 Å². The number of halogens is 5. The highest BCUT2D eigenvalue weighted by Gasteiger charge is 2.51. The van der Waals surface area contributed by atoms with Crippen LogP contribution in [0.4, 0.5) is 22.0 Å². The maximum Gasteiger partial charge on any atom is 0.416 e. The van der Waals surface area contributed by atoms with Crippen LogP contribution in [0, 0.1) is 11.8 Å². The van der Waals surface area contributed by atoms with E-state index >= 15 is 0 Å². The van der Waals surface area contributed by atoms with Crippen LogP contribution < -0.4 is 5.32 Å². The molecule has 1 aromatic rings. The third-order valence-electron chi connectivity index (χ3n) is 4.19. The quantitative estimate of drug-likeness (QED) is 0.827. The Balaban J connectivity index is 2.36. The van der Waals surface area contributed by atoms with E-state index in [0.29, 0.717) is 0 Å². The van der Waals surface area contributed by atoms with Crippen molar-refractivity contribution in [1.82, 2.24) is 5.32 Å². The SMILES string of the molecule is CC(C(=O)O)C1C(c2ccc(C(F)(F)F)cc2)NCCC1(F)F. The van der Waals surface area contributed by atoms with Crippen LogP contribution in [-0.4, -0.2) is 23.5 Å². The normalized spacial score (nSPS) is 25.8. The molecule has 128 valence electrons. The first-order valence-corrected chi connectivity index (χ1v) is 7.05. The largest absolute Gasteiger partial charge is 0.481 e. The van der Waals surface area contributed by atoms with Gasteiger partial charge in [-0.25, -0.2) is 8.78 Å². The Hall–Kier alpha value is -1.70. The van der Waals surface area contributed by atoms with Crippen molar-refractivity contribution in [3.8, 4) is 0 Å². The van der Waals surface area contributed by atoms with Gasteiger partial charge in [-0.1, -0.05) is 19.1 Å². The van der Waals surface area contributed by atoms with Gasteiger partial charge in [0, 0.05) is 19.0 Å². The van der Waals surface area contributed by atoms with Crippen molar-refractivity contribution in [1.29, 1.82) is 0 Å². The molecule has 2 rings (SSSR count). The third-order valence-corrected chi connectivity index (χ3v) is 4.19. The Kier molecular flexibility index (Phi) is 4.66. The van der Waals surface area contributed by atoms with Gasteiger partial charge < -0.3 is 10.4 Å². The zero-order chi connectivity index (χ0) is 17.4. The highest BCUT2D eigenvalue weighted by molar-refractivity contribution is 5.70. The van der Waals surface area contributed by atoms with Gasteiger partial charge in [-0.15, -0.1) is 0 Å². The van der Waals surface area contributed by atoms with E-state index in [1.165, 1.54) is 6.92 Å². The number of nitrogens with one attached hydrogen (secondary N) is 1. The van der Waals surface area contributed by atoms with Crippen LogP contribution in [0.3, 0.4) is 0 Å². The lowest BCUT2D eigenvalue weighted by molar-refractivity contribution is -0.159. The monoisotopic (exact) mass is 337 g/mol. The number of rotatable bonds is 3. The minimum atomic E-state index is -4.52. The topological polar surface area (TPSA) is 49.3 Å². The molecular formula is C15H16F5NO2. The minimum Gasteiger partial charge on any atom is -0.481 e. The number of alkyl halides is 5. The summed E-state index contributed by atoms with van der Waals surface area (Å²) in [4.78, 5) is 11.1. The third kappa shape index (κ3) is 3.63. The summed E-state index contributed by atoms with van der Waals surface area (Å²) in [6, 6.07) is 2.83. The van der Waals surface area contributed by atoms with Crippen LogP contribution in [0.1, 0.15) is 30.5 Å². The van der Waals surface area contributed by atoms with E-state index in [2.05, 4.69) is 5.32 Å². The summed E-state index contributed by atoms with van der Waals surface area (Å²) < 4.78 is 66.1. The van der Waals surface area contributed by atoms with Gasteiger partial charge in [0.25, 0.3) is 5.92 Å². The van der Waals surface area contributed by atoms with Crippen molar-refractivity contribution in [2.45, 2.75) is 31.5 Å². The van der Waals surface area contributed by atoms with E-state index in [0.717, 1.165) is 24.3 Å². The van der Waals surface area contributed by atoms with E-state index in [1.54, 1.807) is 0 Å². The zero-order valence-corrected chi connectivity index (χ0v) is 12.2. The predicted molar refractivity (Wildman–Crippen MR) is 72.0 cm³/mol. The lowest BCUT2D eigenvalue weighted by Gasteiger charge is -2.41. The molecule has 23 heavy (non-hydrogen) atoms. The Labute approximate surface area is 129 Å². The minimum absolute atomic E-state index is 0.0402. The molecule has 0 spiro atoms. The smallest absolute Gasteiger partial charge is 0.416 e. The molecule has 0 aromatic heterocycles. The molecule has 3 atom stereocenters. The molecule has 1 heterocycles. The van der Waals surface area contributed by atoms with Crippen molar-refractivity contribution >= 4 is 5.97 Å². The lowest BCUT2D eigenvalue weighted by Crippen LogP contribution is -2.51. The fourth-order valence-electron chi connectivity index (χ4n) is 2.94. The second-order valence-electron chi connectivity index (χ2n) is 5.72. The summed E-state index contributed by atoms with van der Waals surface area (Å²) in [5, 5.41) is 11.9. The molecule has 0 amide bonds. The molecular weight excluding hydrogens is 321 g/mol. The maximum absolute atomic E-state index is 14.2. The van der Waals surface area contributed by atoms with Crippen molar-refractivity contribution < 1.29 is 31.9 Å². The van der Waals surface area contributed by atoms with Gasteiger partial charge in [-0.3, -0.25) is 4.79 Å². The van der Waals surface area contributed by atoms with Crippen LogP contribution >= 0.6 is 0 Å². The molecule has 0 bridgehead atoms. The first kappa shape index (κ1) is 17.7. The van der Waals surface area contributed by atoms with Crippen LogP contribution in [0.5, 0.6) is 0 Å². The first-order valence-electron chi connectivity index (χ1n) is 7.05. The molecule has 0 aliphatic carbocycles. The average molecular weight is 337 g/mol. The number of piperidine rings is 1. The van der Waals surface area contributed by atoms with Gasteiger partial charge in [0.15, 0.2) is 0 Å². The number of aliphatic carboxylic acids is 1. The molecule has 1 aliphatic heterocycles. The molecule has 3 unspecified atom stereocenters. The van der Waals surface area contributed by atoms with Gasteiger partial charge in [0.2, 0.25) is 0 Å². The van der Waals surface area contributed by atoms with Gasteiger partial charge in [0.05, 0.1) is 17.4 Å². The molecule has 0 saturated carbocycles. The fraction of sp³-hybridized carbons (Fsp3) is 0.533. The van der Waals surface area contributed by atoms with Crippen molar-refractivity contribution in [2.75, 3.05) is 6.54 Å².